The van der Waals surface area contributed by atoms with Gasteiger partial charge >= 0.3 is 0 Å². The molecule has 0 radical (unpaired) electrons. The van der Waals surface area contributed by atoms with E-state index in [1.165, 1.54) is 4.31 Å². The summed E-state index contributed by atoms with van der Waals surface area (Å²) in [6, 6.07) is 7.03. The Hall–Kier alpha value is -2.25. The van der Waals surface area contributed by atoms with Crippen LogP contribution in [0.15, 0.2) is 41.6 Å². The summed E-state index contributed by atoms with van der Waals surface area (Å²) in [5, 5.41) is 7.85. The van der Waals surface area contributed by atoms with E-state index >= 15 is 0 Å². The van der Waals surface area contributed by atoms with Gasteiger partial charge in [0.15, 0.2) is 5.65 Å². The number of aromatic amines is 1. The normalized spacial score (nSPS) is 15.7. The Kier molecular flexibility index (Phi) is 3.21. The predicted molar refractivity (Wildman–Crippen MR) is 86.4 cm³/mol. The molecule has 4 rings (SSSR count). The van der Waals surface area contributed by atoms with Crippen molar-refractivity contribution in [3.63, 3.8) is 0 Å². The zero-order valence-electron chi connectivity index (χ0n) is 12.7. The van der Waals surface area contributed by atoms with E-state index in [1.807, 2.05) is 13.0 Å². The van der Waals surface area contributed by atoms with Gasteiger partial charge in [-0.25, -0.2) is 13.4 Å². The van der Waals surface area contributed by atoms with Gasteiger partial charge in [0.1, 0.15) is 0 Å². The first kappa shape index (κ1) is 14.3. The van der Waals surface area contributed by atoms with Gasteiger partial charge in [-0.15, -0.1) is 0 Å². The molecule has 0 spiro atoms. The van der Waals surface area contributed by atoms with Crippen LogP contribution in [0.3, 0.4) is 0 Å². The molecular formula is C16H16N4O2S. The monoisotopic (exact) mass is 328 g/mol. The Bertz CT molecular complexity index is 994. The van der Waals surface area contributed by atoms with Crippen LogP contribution in [0.5, 0.6) is 0 Å². The van der Waals surface area contributed by atoms with E-state index in [2.05, 4.69) is 15.2 Å². The van der Waals surface area contributed by atoms with Crippen LogP contribution in [0.25, 0.3) is 11.0 Å². The molecule has 1 N–H and O–H groups in total. The molecule has 1 aliphatic heterocycles. The summed E-state index contributed by atoms with van der Waals surface area (Å²) in [5.74, 6) is 0. The second-order valence-corrected chi connectivity index (χ2v) is 7.74. The Labute approximate surface area is 134 Å². The molecular weight excluding hydrogens is 312 g/mol. The molecule has 118 valence electrons. The highest BCUT2D eigenvalue weighted by molar-refractivity contribution is 7.89. The lowest BCUT2D eigenvalue weighted by molar-refractivity contribution is 0.392. The lowest BCUT2D eigenvalue weighted by Gasteiger charge is -2.28. The van der Waals surface area contributed by atoms with Gasteiger partial charge in [-0.3, -0.25) is 5.10 Å². The van der Waals surface area contributed by atoms with Crippen LogP contribution >= 0.6 is 0 Å². The van der Waals surface area contributed by atoms with Gasteiger partial charge in [-0.1, -0.05) is 12.1 Å². The van der Waals surface area contributed by atoms with E-state index in [9.17, 15) is 8.42 Å². The maximum Gasteiger partial charge on any atom is 0.243 e. The van der Waals surface area contributed by atoms with Crippen LogP contribution in [0.2, 0.25) is 0 Å². The number of rotatable bonds is 2. The van der Waals surface area contributed by atoms with E-state index in [4.69, 9.17) is 0 Å². The van der Waals surface area contributed by atoms with Crippen LogP contribution in [0.1, 0.15) is 16.7 Å². The van der Waals surface area contributed by atoms with E-state index in [1.54, 1.807) is 30.6 Å². The number of fused-ring (bicyclic) bond motifs is 3. The fourth-order valence-corrected chi connectivity index (χ4v) is 4.58. The molecule has 0 bridgehead atoms. The van der Waals surface area contributed by atoms with Crippen molar-refractivity contribution in [3.05, 3.63) is 53.3 Å². The molecule has 0 unspecified atom stereocenters. The van der Waals surface area contributed by atoms with Crippen molar-refractivity contribution in [2.75, 3.05) is 6.54 Å². The number of nitrogens with zero attached hydrogens (tertiary/aromatic N) is 3. The Morgan fingerprint density at radius 3 is 2.96 bits per heavy atom. The minimum Gasteiger partial charge on any atom is -0.261 e. The highest BCUT2D eigenvalue weighted by atomic mass is 32.2. The fourth-order valence-electron chi connectivity index (χ4n) is 3.06. The van der Waals surface area contributed by atoms with Crippen LogP contribution in [0.4, 0.5) is 0 Å². The number of nitrogens with one attached hydrogen (secondary N) is 1. The van der Waals surface area contributed by atoms with E-state index in [0.29, 0.717) is 24.4 Å². The second-order valence-electron chi connectivity index (χ2n) is 5.80. The fraction of sp³-hybridized carbons (Fsp3) is 0.250. The molecule has 7 heteroatoms. The molecule has 2 aromatic heterocycles. The lowest BCUT2D eigenvalue weighted by atomic mass is 10.0. The van der Waals surface area contributed by atoms with Crippen molar-refractivity contribution in [1.29, 1.82) is 0 Å². The molecule has 0 aliphatic carbocycles. The third kappa shape index (κ3) is 2.32. The molecule has 0 amide bonds. The summed E-state index contributed by atoms with van der Waals surface area (Å²) >= 11 is 0. The SMILES string of the molecule is Cc1cccc(S(=O)(=O)N2CCc3c(cnc4[nH]ncc34)C2)c1. The number of hydrogen-bond donors (Lipinski definition) is 1. The largest absolute Gasteiger partial charge is 0.261 e. The van der Waals surface area contributed by atoms with Crippen LogP contribution in [0, 0.1) is 6.92 Å². The molecule has 3 aromatic rings. The summed E-state index contributed by atoms with van der Waals surface area (Å²) in [4.78, 5) is 4.66. The van der Waals surface area contributed by atoms with Gasteiger partial charge in [0, 0.05) is 24.7 Å². The average Bonchev–Trinajstić information content (AvgIpc) is 3.03. The molecule has 1 aromatic carbocycles. The van der Waals surface area contributed by atoms with Gasteiger partial charge in [0.05, 0.1) is 11.1 Å². The van der Waals surface area contributed by atoms with Gasteiger partial charge in [0.2, 0.25) is 10.0 Å². The van der Waals surface area contributed by atoms with Crippen LogP contribution in [-0.4, -0.2) is 34.4 Å². The highest BCUT2D eigenvalue weighted by Crippen LogP contribution is 2.28. The predicted octanol–water partition coefficient (Wildman–Crippen LogP) is 2.01. The smallest absolute Gasteiger partial charge is 0.243 e. The molecule has 1 aliphatic rings. The number of pyridine rings is 1. The van der Waals surface area contributed by atoms with Crippen molar-refractivity contribution in [1.82, 2.24) is 19.5 Å². The molecule has 0 fully saturated rings. The van der Waals surface area contributed by atoms with Gasteiger partial charge in [-0.2, -0.15) is 9.40 Å². The van der Waals surface area contributed by atoms with Crippen molar-refractivity contribution in [3.8, 4) is 0 Å². The van der Waals surface area contributed by atoms with Crippen molar-refractivity contribution in [2.45, 2.75) is 24.8 Å². The second kappa shape index (κ2) is 5.14. The molecule has 0 saturated heterocycles. The minimum atomic E-state index is -3.49. The molecule has 3 heterocycles. The zero-order chi connectivity index (χ0) is 16.0. The van der Waals surface area contributed by atoms with Crippen molar-refractivity contribution >= 4 is 21.1 Å². The van der Waals surface area contributed by atoms with Gasteiger partial charge < -0.3 is 0 Å². The first-order valence-electron chi connectivity index (χ1n) is 7.42. The maximum absolute atomic E-state index is 12.8. The van der Waals surface area contributed by atoms with E-state index in [0.717, 1.165) is 27.7 Å². The number of hydrogen-bond acceptors (Lipinski definition) is 4. The summed E-state index contributed by atoms with van der Waals surface area (Å²) in [6.07, 6.45) is 4.17. The number of H-pyrrole nitrogens is 1. The Balaban J connectivity index is 1.72. The topological polar surface area (TPSA) is 79.0 Å². The number of benzene rings is 1. The van der Waals surface area contributed by atoms with Gasteiger partial charge in [0.25, 0.3) is 0 Å². The van der Waals surface area contributed by atoms with E-state index in [-0.39, 0.29) is 0 Å². The first-order valence-corrected chi connectivity index (χ1v) is 8.86. The third-order valence-corrected chi connectivity index (χ3v) is 6.11. The lowest BCUT2D eigenvalue weighted by Crippen LogP contribution is -2.36. The van der Waals surface area contributed by atoms with E-state index < -0.39 is 10.0 Å². The summed E-state index contributed by atoms with van der Waals surface area (Å²) in [7, 11) is -3.49. The summed E-state index contributed by atoms with van der Waals surface area (Å²) in [6.45, 7) is 2.71. The molecule has 0 atom stereocenters. The number of sulfonamides is 1. The summed E-state index contributed by atoms with van der Waals surface area (Å²) in [5.41, 5.74) is 3.77. The molecule has 23 heavy (non-hydrogen) atoms. The minimum absolute atomic E-state index is 0.346. The zero-order valence-corrected chi connectivity index (χ0v) is 13.5. The van der Waals surface area contributed by atoms with Crippen molar-refractivity contribution < 1.29 is 8.42 Å². The maximum atomic E-state index is 12.8. The number of aromatic nitrogens is 3. The van der Waals surface area contributed by atoms with Gasteiger partial charge in [-0.05, 0) is 42.2 Å². The third-order valence-electron chi connectivity index (χ3n) is 4.27. The van der Waals surface area contributed by atoms with Crippen LogP contribution < -0.4 is 0 Å². The number of aryl methyl sites for hydroxylation is 1. The molecule has 0 saturated carbocycles. The summed E-state index contributed by atoms with van der Waals surface area (Å²) < 4.78 is 27.2. The highest BCUT2D eigenvalue weighted by Gasteiger charge is 2.29. The average molecular weight is 328 g/mol. The Morgan fingerprint density at radius 1 is 1.26 bits per heavy atom. The Morgan fingerprint density at radius 2 is 2.13 bits per heavy atom. The quantitative estimate of drug-likeness (QED) is 0.780. The molecule has 6 nitrogen and oxygen atoms in total. The van der Waals surface area contributed by atoms with Crippen molar-refractivity contribution in [2.24, 2.45) is 0 Å². The van der Waals surface area contributed by atoms with Crippen LogP contribution in [-0.2, 0) is 23.0 Å². The standard InChI is InChI=1S/C16H16N4O2S/c1-11-3-2-4-13(7-11)23(21,22)20-6-5-14-12(10-20)8-17-16-15(14)9-18-19-16/h2-4,7-9H,5-6,10H2,1H3,(H,17,18,19). The first-order chi connectivity index (χ1) is 11.1.